The highest BCUT2D eigenvalue weighted by molar-refractivity contribution is 7.59. The van der Waals surface area contributed by atoms with Gasteiger partial charge in [-0.1, -0.05) is 69.9 Å². The minimum absolute atomic E-state index is 0. The molecule has 0 bridgehead atoms. The molecule has 0 unspecified atom stereocenters. The molecule has 236 valence electrons. The number of carbonyl (C=O) groups is 2. The van der Waals surface area contributed by atoms with Crippen molar-refractivity contribution in [1.29, 1.82) is 0 Å². The monoisotopic (exact) mass is 690 g/mol. The first-order valence-corrected chi connectivity index (χ1v) is 15.1. The summed E-state index contributed by atoms with van der Waals surface area (Å²) in [6, 6.07) is 3.42. The predicted octanol–water partition coefficient (Wildman–Crippen LogP) is 7.54. The highest BCUT2D eigenvalue weighted by Gasteiger charge is 2.40. The van der Waals surface area contributed by atoms with E-state index in [-0.39, 0.29) is 40.5 Å². The molecule has 0 saturated carbocycles. The number of fused-ring (bicyclic) bond motifs is 4. The number of aliphatic imine (C=N–C) groups is 2. The number of halogens is 3. The van der Waals surface area contributed by atoms with Gasteiger partial charge in [0.1, 0.15) is 5.75 Å². The normalized spacial score (nSPS) is 17.5. The van der Waals surface area contributed by atoms with E-state index in [9.17, 15) is 19.8 Å². The Bertz CT molecular complexity index is 1830. The molecule has 2 heterocycles. The molecule has 2 aliphatic heterocycles. The third-order valence-electron chi connectivity index (χ3n) is 7.60. The lowest BCUT2D eigenvalue weighted by atomic mass is 9.71. The number of phenolic OH excluding ortho intramolecular Hbond substituents is 2. The minimum atomic E-state index is -3.11. The fourth-order valence-electron chi connectivity index (χ4n) is 5.47. The molecule has 45 heavy (non-hydrogen) atoms. The Morgan fingerprint density at radius 1 is 0.689 bits per heavy atom. The van der Waals surface area contributed by atoms with Gasteiger partial charge in [0.2, 0.25) is 0 Å². The second-order valence-electron chi connectivity index (χ2n) is 11.2. The summed E-state index contributed by atoms with van der Waals surface area (Å²) in [5, 5.41) is 20.7. The van der Waals surface area contributed by atoms with Gasteiger partial charge in [-0.05, 0) is 72.2 Å². The van der Waals surface area contributed by atoms with Gasteiger partial charge < -0.3 is 10.2 Å². The summed E-state index contributed by atoms with van der Waals surface area (Å²) in [6.07, 6.45) is 9.57. The maximum Gasteiger partial charge on any atom is 0.425 e. The topological polar surface area (TPSA) is 151 Å². The number of ketones is 2. The van der Waals surface area contributed by atoms with Crippen molar-refractivity contribution in [1.82, 2.24) is 0 Å². The Labute approximate surface area is 277 Å². The van der Waals surface area contributed by atoms with Crippen LogP contribution in [0.4, 0.5) is 11.4 Å². The number of hydrogen-bond donors (Lipinski definition) is 2. The van der Waals surface area contributed by atoms with Crippen LogP contribution in [0.2, 0.25) is 15.1 Å². The second-order valence-corrected chi connectivity index (χ2v) is 12.8. The van der Waals surface area contributed by atoms with E-state index in [0.29, 0.717) is 21.8 Å². The van der Waals surface area contributed by atoms with Crippen molar-refractivity contribution in [3.63, 3.8) is 0 Å². The van der Waals surface area contributed by atoms with Crippen molar-refractivity contribution in [2.45, 2.75) is 52.9 Å². The fourth-order valence-corrected chi connectivity index (χ4v) is 6.63. The van der Waals surface area contributed by atoms with E-state index in [4.69, 9.17) is 47.4 Å². The SMILES string of the molecule is C.CC1(C)C2=CC(=O)C=CC2=Nc2cc(Cl)c(O)c(Cl)c21.Cc1cc2c(c(Cl)c1O)C(C)(C)C1=CC(=O)C=CC1=N2.O=S(=O)=O. The summed E-state index contributed by atoms with van der Waals surface area (Å²) in [4.78, 5) is 32.3. The van der Waals surface area contributed by atoms with Crippen LogP contribution >= 0.6 is 34.8 Å². The molecule has 0 atom stereocenters. The van der Waals surface area contributed by atoms with E-state index in [1.54, 1.807) is 37.3 Å². The van der Waals surface area contributed by atoms with Crippen LogP contribution in [0.1, 0.15) is 51.8 Å². The smallest absolute Gasteiger partial charge is 0.425 e. The summed E-state index contributed by atoms with van der Waals surface area (Å²) in [7, 11) is -3.11. The summed E-state index contributed by atoms with van der Waals surface area (Å²) >= 11 is 18.5. The van der Waals surface area contributed by atoms with E-state index < -0.39 is 21.4 Å². The van der Waals surface area contributed by atoms with Crippen molar-refractivity contribution >= 4 is 79.8 Å². The van der Waals surface area contributed by atoms with Crippen molar-refractivity contribution in [3.05, 3.63) is 91.5 Å². The van der Waals surface area contributed by atoms with Crippen LogP contribution in [-0.2, 0) is 31.0 Å². The Kier molecular flexibility index (Phi) is 10.2. The van der Waals surface area contributed by atoms with Gasteiger partial charge in [0.25, 0.3) is 0 Å². The molecule has 0 radical (unpaired) electrons. The Morgan fingerprint density at radius 2 is 1.07 bits per heavy atom. The van der Waals surface area contributed by atoms with Crippen LogP contribution in [0.25, 0.3) is 0 Å². The summed E-state index contributed by atoms with van der Waals surface area (Å²) in [6.45, 7) is 9.65. The number of carbonyl (C=O) groups excluding carboxylic acids is 2. The molecular formula is C32H29Cl3N2O7S. The molecule has 4 aliphatic rings. The quantitative estimate of drug-likeness (QED) is 0.271. The number of rotatable bonds is 0. The predicted molar refractivity (Wildman–Crippen MR) is 177 cm³/mol. The third kappa shape index (κ3) is 6.60. The molecule has 9 nitrogen and oxygen atoms in total. The van der Waals surface area contributed by atoms with Crippen molar-refractivity contribution in [3.8, 4) is 11.5 Å². The van der Waals surface area contributed by atoms with Gasteiger partial charge in [0.05, 0.1) is 37.9 Å². The zero-order valence-electron chi connectivity index (χ0n) is 24.0. The number of hydrogen-bond acceptors (Lipinski definition) is 9. The van der Waals surface area contributed by atoms with E-state index in [1.807, 2.05) is 33.8 Å². The zero-order valence-corrected chi connectivity index (χ0v) is 27.1. The summed E-state index contributed by atoms with van der Waals surface area (Å²) < 4.78 is 25.3. The molecule has 2 aromatic carbocycles. The standard InChI is InChI=1S/C16H14ClNO2.C15H11Cl2NO2.CH4.O3S/c1-8-6-12-13(14(17)15(8)20)16(2,3)10-7-9(19)4-5-11(10)18-12;1-15(2)8-5-7(19)3-4-10(8)18-11-6-9(16)14(20)13(17)12(11)15;;1-4(2)3/h4-7,20H,1-3H3;3-6,20H,1-2H3;1H4;. The lowest BCUT2D eigenvalue weighted by molar-refractivity contribution is -0.111. The molecule has 0 fully saturated rings. The summed E-state index contributed by atoms with van der Waals surface area (Å²) in [5.41, 5.74) is 5.63. The second kappa shape index (κ2) is 12.9. The Hall–Kier alpha value is -3.83. The van der Waals surface area contributed by atoms with E-state index in [2.05, 4.69) is 9.98 Å². The fraction of sp³-hybridized carbons (Fsp3) is 0.250. The van der Waals surface area contributed by atoms with E-state index in [0.717, 1.165) is 33.8 Å². The van der Waals surface area contributed by atoms with Crippen molar-refractivity contribution in [2.75, 3.05) is 0 Å². The van der Waals surface area contributed by atoms with Gasteiger partial charge in [0.15, 0.2) is 17.3 Å². The molecule has 0 spiro atoms. The molecule has 2 aromatic rings. The highest BCUT2D eigenvalue weighted by Crippen LogP contribution is 2.52. The van der Waals surface area contributed by atoms with E-state index in [1.165, 1.54) is 12.2 Å². The molecule has 0 saturated heterocycles. The number of nitrogens with zero attached hydrogens (tertiary/aromatic N) is 2. The number of aryl methyl sites for hydroxylation is 1. The van der Waals surface area contributed by atoms with Gasteiger partial charge >= 0.3 is 10.6 Å². The van der Waals surface area contributed by atoms with Gasteiger partial charge in [0, 0.05) is 22.0 Å². The maximum atomic E-state index is 11.6. The molecule has 0 amide bonds. The van der Waals surface area contributed by atoms with Crippen LogP contribution < -0.4 is 0 Å². The lowest BCUT2D eigenvalue weighted by Gasteiger charge is -2.35. The maximum absolute atomic E-state index is 11.6. The van der Waals surface area contributed by atoms with Crippen LogP contribution in [0.3, 0.4) is 0 Å². The van der Waals surface area contributed by atoms with Crippen LogP contribution in [0.5, 0.6) is 11.5 Å². The van der Waals surface area contributed by atoms with Crippen molar-refractivity contribution < 1.29 is 32.4 Å². The van der Waals surface area contributed by atoms with Crippen molar-refractivity contribution in [2.24, 2.45) is 9.98 Å². The molecule has 2 aliphatic carbocycles. The molecule has 0 aromatic heterocycles. The first-order chi connectivity index (χ1) is 20.4. The highest BCUT2D eigenvalue weighted by atomic mass is 35.5. The number of allylic oxidation sites excluding steroid dienone is 8. The summed E-state index contributed by atoms with van der Waals surface area (Å²) in [5.74, 6) is -0.208. The third-order valence-corrected chi connectivity index (χ3v) is 8.62. The average Bonchev–Trinajstić information content (AvgIpc) is 2.91. The minimum Gasteiger partial charge on any atom is -0.506 e. The largest absolute Gasteiger partial charge is 0.506 e. The van der Waals surface area contributed by atoms with E-state index >= 15 is 0 Å². The van der Waals surface area contributed by atoms with Crippen LogP contribution in [0.15, 0.2) is 69.7 Å². The van der Waals surface area contributed by atoms with Crippen LogP contribution in [0, 0.1) is 6.92 Å². The molecule has 13 heteroatoms. The molecular weight excluding hydrogens is 663 g/mol. The van der Waals surface area contributed by atoms with Gasteiger partial charge in [-0.25, -0.2) is 9.98 Å². The zero-order chi connectivity index (χ0) is 32.9. The first-order valence-electron chi connectivity index (χ1n) is 12.9. The van der Waals surface area contributed by atoms with Gasteiger partial charge in [-0.15, -0.1) is 12.6 Å². The Morgan fingerprint density at radius 3 is 1.49 bits per heavy atom. The molecule has 6 rings (SSSR count). The number of phenols is 2. The lowest BCUT2D eigenvalue weighted by Crippen LogP contribution is -2.31. The molecule has 2 N–H and O–H groups in total. The number of benzene rings is 2. The van der Waals surface area contributed by atoms with Gasteiger partial charge in [-0.2, -0.15) is 0 Å². The average molecular weight is 692 g/mol. The Balaban J connectivity index is 0.000000215. The van der Waals surface area contributed by atoms with Crippen LogP contribution in [-0.4, -0.2) is 45.8 Å². The number of aromatic hydroxyl groups is 2. The first kappa shape index (κ1) is 35.6. The van der Waals surface area contributed by atoms with Gasteiger partial charge in [-0.3, -0.25) is 9.59 Å².